The summed E-state index contributed by atoms with van der Waals surface area (Å²) in [5.41, 5.74) is -0.172. The van der Waals surface area contributed by atoms with E-state index >= 15 is 0 Å². The van der Waals surface area contributed by atoms with Crippen LogP contribution in [0.2, 0.25) is 0 Å². The number of aryl methyl sites for hydroxylation is 1. The molecule has 0 saturated heterocycles. The summed E-state index contributed by atoms with van der Waals surface area (Å²) >= 11 is 0. The number of methoxy groups -OCH3 is 1. The molecule has 0 atom stereocenters. The third kappa shape index (κ3) is 4.11. The lowest BCUT2D eigenvalue weighted by atomic mass is 10.2. The van der Waals surface area contributed by atoms with Gasteiger partial charge in [-0.05, 0) is 43.3 Å². The maximum Gasteiger partial charge on any atom is 0.435 e. The Hall–Kier alpha value is -3.01. The van der Waals surface area contributed by atoms with Gasteiger partial charge in [0.2, 0.25) is 5.88 Å². The summed E-state index contributed by atoms with van der Waals surface area (Å²) in [6, 6.07) is 12.1. The van der Waals surface area contributed by atoms with E-state index in [1.54, 1.807) is 19.1 Å². The van der Waals surface area contributed by atoms with Gasteiger partial charge in [0.15, 0.2) is 5.69 Å². The second kappa shape index (κ2) is 7.19. The van der Waals surface area contributed by atoms with Crippen molar-refractivity contribution < 1.29 is 30.5 Å². The Morgan fingerprint density at radius 3 is 2.14 bits per heavy atom. The summed E-state index contributed by atoms with van der Waals surface area (Å²) in [5.74, 6) is -0.157. The number of hydrogen-bond donors (Lipinski definition) is 0. The molecule has 148 valence electrons. The van der Waals surface area contributed by atoms with Crippen LogP contribution in [-0.4, -0.2) is 25.3 Å². The molecule has 6 nitrogen and oxygen atoms in total. The lowest BCUT2D eigenvalue weighted by Crippen LogP contribution is -2.12. The van der Waals surface area contributed by atoms with E-state index in [2.05, 4.69) is 5.10 Å². The molecule has 0 amide bonds. The van der Waals surface area contributed by atoms with E-state index in [1.807, 2.05) is 0 Å². The van der Waals surface area contributed by atoms with E-state index < -0.39 is 27.9 Å². The van der Waals surface area contributed by atoms with Crippen molar-refractivity contribution in [2.24, 2.45) is 0 Å². The molecule has 0 fully saturated rings. The molecule has 0 aliphatic rings. The second-order valence-electron chi connectivity index (χ2n) is 5.83. The standard InChI is InChI=1S/C18H15F3N2O4S/c1-12-3-5-13(6-4-12)23-17(11-16(22-23)18(19,20)21)27-28(24,25)15-9-7-14(26-2)8-10-15/h3-11H,1-2H3. The summed E-state index contributed by atoms with van der Waals surface area (Å²) in [7, 11) is -2.98. The third-order valence-electron chi connectivity index (χ3n) is 3.79. The molecule has 0 N–H and O–H groups in total. The quantitative estimate of drug-likeness (QED) is 0.593. The van der Waals surface area contributed by atoms with Crippen LogP contribution in [0.1, 0.15) is 11.3 Å². The monoisotopic (exact) mass is 412 g/mol. The Balaban J connectivity index is 2.04. The van der Waals surface area contributed by atoms with Gasteiger partial charge in [-0.3, -0.25) is 0 Å². The molecular weight excluding hydrogens is 397 g/mol. The predicted molar refractivity (Wildman–Crippen MR) is 94.1 cm³/mol. The minimum absolute atomic E-state index is 0.223. The van der Waals surface area contributed by atoms with E-state index in [4.69, 9.17) is 8.92 Å². The van der Waals surface area contributed by atoms with E-state index in [0.717, 1.165) is 10.2 Å². The first-order valence-electron chi connectivity index (χ1n) is 7.93. The minimum atomic E-state index is -4.77. The third-order valence-corrected chi connectivity index (χ3v) is 5.03. The molecule has 3 rings (SSSR count). The van der Waals surface area contributed by atoms with E-state index in [1.165, 1.54) is 43.5 Å². The second-order valence-corrected chi connectivity index (χ2v) is 7.37. The van der Waals surface area contributed by atoms with E-state index in [-0.39, 0.29) is 10.6 Å². The normalized spacial score (nSPS) is 12.0. The van der Waals surface area contributed by atoms with Crippen molar-refractivity contribution in [1.82, 2.24) is 9.78 Å². The Kier molecular flexibility index (Phi) is 5.07. The highest BCUT2D eigenvalue weighted by Gasteiger charge is 2.36. The largest absolute Gasteiger partial charge is 0.497 e. The van der Waals surface area contributed by atoms with Gasteiger partial charge in [0.05, 0.1) is 12.8 Å². The molecule has 0 bridgehead atoms. The maximum absolute atomic E-state index is 13.1. The summed E-state index contributed by atoms with van der Waals surface area (Å²) in [6.45, 7) is 1.81. The van der Waals surface area contributed by atoms with Crippen LogP contribution < -0.4 is 8.92 Å². The van der Waals surface area contributed by atoms with Gasteiger partial charge in [0, 0.05) is 6.07 Å². The molecule has 0 spiro atoms. The van der Waals surface area contributed by atoms with Gasteiger partial charge in [0.1, 0.15) is 10.6 Å². The number of benzene rings is 2. The Morgan fingerprint density at radius 2 is 1.61 bits per heavy atom. The molecule has 2 aromatic carbocycles. The average Bonchev–Trinajstić information content (AvgIpc) is 3.06. The smallest absolute Gasteiger partial charge is 0.435 e. The molecule has 0 aliphatic carbocycles. The van der Waals surface area contributed by atoms with Crippen LogP contribution in [0.15, 0.2) is 59.5 Å². The topological polar surface area (TPSA) is 70.4 Å². The van der Waals surface area contributed by atoms with Gasteiger partial charge in [-0.25, -0.2) is 0 Å². The highest BCUT2D eigenvalue weighted by molar-refractivity contribution is 7.87. The van der Waals surface area contributed by atoms with Crippen molar-refractivity contribution in [1.29, 1.82) is 0 Å². The zero-order valence-electron chi connectivity index (χ0n) is 14.8. The Morgan fingerprint density at radius 1 is 1.00 bits per heavy atom. The van der Waals surface area contributed by atoms with Gasteiger partial charge in [-0.15, -0.1) is 0 Å². The minimum Gasteiger partial charge on any atom is -0.497 e. The number of aromatic nitrogens is 2. The first-order chi connectivity index (χ1) is 13.1. The Bertz CT molecular complexity index is 1070. The number of nitrogens with zero attached hydrogens (tertiary/aromatic N) is 2. The molecule has 0 aliphatic heterocycles. The van der Waals surface area contributed by atoms with Crippen LogP contribution in [0.25, 0.3) is 5.69 Å². The van der Waals surface area contributed by atoms with Crippen LogP contribution in [0.3, 0.4) is 0 Å². The first-order valence-corrected chi connectivity index (χ1v) is 9.34. The number of rotatable bonds is 5. The summed E-state index contributed by atoms with van der Waals surface area (Å²) in [5, 5.41) is 3.47. The molecule has 28 heavy (non-hydrogen) atoms. The van der Waals surface area contributed by atoms with Gasteiger partial charge in [0.25, 0.3) is 0 Å². The van der Waals surface area contributed by atoms with E-state index in [9.17, 15) is 21.6 Å². The SMILES string of the molecule is COc1ccc(S(=O)(=O)Oc2cc(C(F)(F)F)nn2-c2ccc(C)cc2)cc1. The zero-order valence-corrected chi connectivity index (χ0v) is 15.6. The van der Waals surface area contributed by atoms with Gasteiger partial charge in [-0.1, -0.05) is 17.7 Å². The molecule has 1 heterocycles. The highest BCUT2D eigenvalue weighted by Crippen LogP contribution is 2.33. The van der Waals surface area contributed by atoms with Crippen molar-refractivity contribution >= 4 is 10.1 Å². The molecule has 10 heteroatoms. The van der Waals surface area contributed by atoms with Crippen LogP contribution in [0.5, 0.6) is 11.6 Å². The molecular formula is C18H15F3N2O4S. The highest BCUT2D eigenvalue weighted by atomic mass is 32.2. The lowest BCUT2D eigenvalue weighted by Gasteiger charge is -2.10. The van der Waals surface area contributed by atoms with Crippen molar-refractivity contribution in [3.8, 4) is 17.3 Å². The molecule has 0 saturated carbocycles. The van der Waals surface area contributed by atoms with Crippen LogP contribution in [0.4, 0.5) is 13.2 Å². The summed E-state index contributed by atoms with van der Waals surface area (Å²) in [6.07, 6.45) is -4.77. The molecule has 0 radical (unpaired) electrons. The summed E-state index contributed by atoms with van der Waals surface area (Å²) in [4.78, 5) is -0.237. The fourth-order valence-electron chi connectivity index (χ4n) is 2.34. The van der Waals surface area contributed by atoms with Crippen LogP contribution in [0, 0.1) is 6.92 Å². The van der Waals surface area contributed by atoms with E-state index in [0.29, 0.717) is 11.8 Å². The maximum atomic E-state index is 13.1. The van der Waals surface area contributed by atoms with Gasteiger partial charge in [-0.2, -0.15) is 31.4 Å². The number of alkyl halides is 3. The number of hydrogen-bond acceptors (Lipinski definition) is 5. The average molecular weight is 412 g/mol. The Labute approximate surface area is 159 Å². The lowest BCUT2D eigenvalue weighted by molar-refractivity contribution is -0.141. The fourth-order valence-corrected chi connectivity index (χ4v) is 3.24. The van der Waals surface area contributed by atoms with Crippen LogP contribution in [-0.2, 0) is 16.3 Å². The van der Waals surface area contributed by atoms with Crippen molar-refractivity contribution in [2.45, 2.75) is 18.0 Å². The van der Waals surface area contributed by atoms with Crippen LogP contribution >= 0.6 is 0 Å². The molecule has 0 unspecified atom stereocenters. The molecule has 1 aromatic heterocycles. The zero-order chi connectivity index (χ0) is 20.5. The number of halogens is 3. The van der Waals surface area contributed by atoms with Gasteiger partial charge >= 0.3 is 16.3 Å². The predicted octanol–water partition coefficient (Wildman–Crippen LogP) is 3.98. The van der Waals surface area contributed by atoms with Gasteiger partial charge < -0.3 is 8.92 Å². The van der Waals surface area contributed by atoms with Crippen molar-refractivity contribution in [3.05, 3.63) is 65.9 Å². The number of ether oxygens (including phenoxy) is 1. The van der Waals surface area contributed by atoms with Crippen molar-refractivity contribution in [3.63, 3.8) is 0 Å². The fraction of sp³-hybridized carbons (Fsp3) is 0.167. The van der Waals surface area contributed by atoms with Crippen molar-refractivity contribution in [2.75, 3.05) is 7.11 Å². The molecule has 3 aromatic rings. The summed E-state index contributed by atoms with van der Waals surface area (Å²) < 4.78 is 75.1. The first kappa shape index (κ1) is 19.7.